The van der Waals surface area contributed by atoms with Gasteiger partial charge in [-0.25, -0.2) is 0 Å². The Hall–Kier alpha value is -0.460. The van der Waals surface area contributed by atoms with E-state index < -0.39 is 0 Å². The second-order valence-electron chi connectivity index (χ2n) is 2.90. The van der Waals surface area contributed by atoms with E-state index in [9.17, 15) is 4.79 Å². The van der Waals surface area contributed by atoms with E-state index in [0.717, 1.165) is 30.4 Å². The number of hydrogen-bond acceptors (Lipinski definition) is 1. The summed E-state index contributed by atoms with van der Waals surface area (Å²) in [5, 5.41) is 0. The van der Waals surface area contributed by atoms with Crippen LogP contribution in [-0.2, 0) is 4.79 Å². The summed E-state index contributed by atoms with van der Waals surface area (Å²) in [5.41, 5.74) is 1.68. The molecule has 3 heteroatoms. The van der Waals surface area contributed by atoms with Crippen LogP contribution in [0.3, 0.4) is 0 Å². The number of aldehydes is 1. The van der Waals surface area contributed by atoms with Crippen molar-refractivity contribution >= 4 is 20.6 Å². The molecule has 0 amide bonds. The first kappa shape index (κ1) is 9.63. The molecule has 0 bridgehead atoms. The highest BCUT2D eigenvalue weighted by Gasteiger charge is 2.16. The Kier molecular flexibility index (Phi) is 3.64. The highest BCUT2D eigenvalue weighted by Crippen LogP contribution is 2.12. The van der Waals surface area contributed by atoms with Crippen LogP contribution >= 0.6 is 8.86 Å². The second kappa shape index (κ2) is 4.54. The molecule has 0 unspecified atom stereocenters. The van der Waals surface area contributed by atoms with Crippen molar-refractivity contribution in [3.8, 4) is 0 Å². The third-order valence-electron chi connectivity index (χ3n) is 2.13. The molecular weight excluding hydrogens is 169 g/mol. The summed E-state index contributed by atoms with van der Waals surface area (Å²) in [7, 11) is 3.49. The van der Waals surface area contributed by atoms with E-state index in [4.69, 9.17) is 0 Å². The fraction of sp³-hybridized carbons (Fsp3) is 0.556. The van der Waals surface area contributed by atoms with Crippen molar-refractivity contribution < 1.29 is 4.79 Å². The van der Waals surface area contributed by atoms with E-state index in [1.807, 2.05) is 13.0 Å². The van der Waals surface area contributed by atoms with Gasteiger partial charge in [-0.2, -0.15) is 0 Å². The van der Waals surface area contributed by atoms with Crippen LogP contribution in [0.4, 0.5) is 0 Å². The largest absolute Gasteiger partial charge is 0.298 e. The van der Waals surface area contributed by atoms with Crippen LogP contribution in [0, 0.1) is 0 Å². The first-order valence-electron chi connectivity index (χ1n) is 4.25. The van der Waals surface area contributed by atoms with Crippen molar-refractivity contribution in [2.45, 2.75) is 19.8 Å². The van der Waals surface area contributed by atoms with Crippen molar-refractivity contribution in [2.75, 3.05) is 13.1 Å². The molecule has 1 heterocycles. The smallest absolute Gasteiger partial charge is 0.151 e. The molecule has 0 spiro atoms. The Morgan fingerprint density at radius 1 is 1.42 bits per heavy atom. The highest BCUT2D eigenvalue weighted by molar-refractivity contribution is 7.22. The average Bonchev–Trinajstić information content (AvgIpc) is 2.58. The van der Waals surface area contributed by atoms with Gasteiger partial charge in [0.25, 0.3) is 0 Å². The molecule has 1 fully saturated rings. The number of carbonyl (C=O) groups excluding carboxylic acids is 1. The van der Waals surface area contributed by atoms with Crippen LogP contribution in [-0.4, -0.2) is 29.7 Å². The van der Waals surface area contributed by atoms with E-state index >= 15 is 0 Å². The Labute approximate surface area is 75.5 Å². The Morgan fingerprint density at radius 3 is 2.42 bits per heavy atom. The number of likely N-dealkylation sites (tertiary alicyclic amines) is 1. The quantitative estimate of drug-likeness (QED) is 0.375. The second-order valence-corrected chi connectivity index (χ2v) is 3.38. The molecule has 0 aromatic heterocycles. The third kappa shape index (κ3) is 2.02. The average molecular weight is 183 g/mol. The number of nitrogens with zero attached hydrogens (tertiary/aromatic N) is 1. The molecule has 0 atom stereocenters. The molecular formula is C9H14NOP. The van der Waals surface area contributed by atoms with Gasteiger partial charge in [0.2, 0.25) is 0 Å². The van der Waals surface area contributed by atoms with Gasteiger partial charge in [0.05, 0.1) is 0 Å². The van der Waals surface area contributed by atoms with Crippen LogP contribution < -0.4 is 0 Å². The van der Waals surface area contributed by atoms with Gasteiger partial charge in [-0.1, -0.05) is 6.08 Å². The molecule has 0 aliphatic carbocycles. The Balaban J connectivity index is 2.62. The fourth-order valence-corrected chi connectivity index (χ4v) is 1.81. The predicted molar refractivity (Wildman–Crippen MR) is 54.0 cm³/mol. The maximum atomic E-state index is 10.6. The highest BCUT2D eigenvalue weighted by atomic mass is 31.0. The van der Waals surface area contributed by atoms with Gasteiger partial charge in [0, 0.05) is 24.1 Å². The number of carbonyl (C=O) groups is 1. The summed E-state index contributed by atoms with van der Waals surface area (Å²) in [6, 6.07) is 0. The predicted octanol–water partition coefficient (Wildman–Crippen LogP) is 1.50. The maximum absolute atomic E-state index is 10.6. The molecule has 1 aliphatic rings. The van der Waals surface area contributed by atoms with Crippen LogP contribution in [0.5, 0.6) is 0 Å². The van der Waals surface area contributed by atoms with Gasteiger partial charge in [-0.15, -0.1) is 8.86 Å². The lowest BCUT2D eigenvalue weighted by molar-refractivity contribution is -0.104. The zero-order chi connectivity index (χ0) is 8.97. The summed E-state index contributed by atoms with van der Waals surface area (Å²) in [4.78, 5) is 12.8. The standard InChI is InChI=1S/C9H14NOP/c1-2-8(7-11)9(12)10-5-3-4-6-10/h2,7,12H,3-6H2,1H3/b8-2+. The molecule has 12 heavy (non-hydrogen) atoms. The minimum absolute atomic E-state index is 0.744. The summed E-state index contributed by atoms with van der Waals surface area (Å²) in [6.45, 7) is 3.99. The van der Waals surface area contributed by atoms with Gasteiger partial charge in [0.1, 0.15) is 0 Å². The van der Waals surface area contributed by atoms with E-state index in [-0.39, 0.29) is 0 Å². The number of rotatable bonds is 3. The summed E-state index contributed by atoms with van der Waals surface area (Å²) < 4.78 is 0. The van der Waals surface area contributed by atoms with Crippen molar-refractivity contribution in [3.05, 3.63) is 11.6 Å². The fourth-order valence-electron chi connectivity index (χ4n) is 1.38. The van der Waals surface area contributed by atoms with Gasteiger partial charge >= 0.3 is 0 Å². The minimum atomic E-state index is 0.744. The molecule has 0 N–H and O–H groups in total. The maximum Gasteiger partial charge on any atom is 0.151 e. The summed E-state index contributed by atoms with van der Waals surface area (Å²) in [5.74, 6) is 0. The lowest BCUT2D eigenvalue weighted by Crippen LogP contribution is -2.27. The van der Waals surface area contributed by atoms with Crippen LogP contribution in [0.1, 0.15) is 19.8 Å². The van der Waals surface area contributed by atoms with Gasteiger partial charge in [-0.05, 0) is 19.8 Å². The van der Waals surface area contributed by atoms with Crippen LogP contribution in [0.25, 0.3) is 0 Å². The van der Waals surface area contributed by atoms with E-state index in [1.165, 1.54) is 12.8 Å². The minimum Gasteiger partial charge on any atom is -0.298 e. The van der Waals surface area contributed by atoms with Crippen LogP contribution in [0.15, 0.2) is 11.6 Å². The third-order valence-corrected chi connectivity index (χ3v) is 2.74. The van der Waals surface area contributed by atoms with Gasteiger partial charge < -0.3 is 0 Å². The van der Waals surface area contributed by atoms with E-state index in [2.05, 4.69) is 13.8 Å². The number of allylic oxidation sites excluding steroid dienone is 1. The molecule has 1 rings (SSSR count). The Bertz CT molecular complexity index is 217. The molecule has 2 nitrogen and oxygen atoms in total. The van der Waals surface area contributed by atoms with Crippen LogP contribution in [0.2, 0.25) is 0 Å². The van der Waals surface area contributed by atoms with Gasteiger partial charge in [-0.3, -0.25) is 9.69 Å². The SMILES string of the molecule is C/C=C(\C=O)C(=P)N1CCCC1. The van der Waals surface area contributed by atoms with Crippen molar-refractivity contribution in [3.63, 3.8) is 0 Å². The number of hydrogen-bond donors (Lipinski definition) is 0. The van der Waals surface area contributed by atoms with E-state index in [0.29, 0.717) is 0 Å². The van der Waals surface area contributed by atoms with Crippen molar-refractivity contribution in [2.24, 2.45) is 0 Å². The zero-order valence-corrected chi connectivity index (χ0v) is 8.34. The Morgan fingerprint density at radius 2 is 2.00 bits per heavy atom. The molecule has 0 saturated carbocycles. The first-order chi connectivity index (χ1) is 5.79. The summed E-state index contributed by atoms with van der Waals surface area (Å²) in [6.07, 6.45) is 5.17. The van der Waals surface area contributed by atoms with E-state index in [1.54, 1.807) is 0 Å². The molecule has 1 aliphatic heterocycles. The summed E-state index contributed by atoms with van der Waals surface area (Å²) >= 11 is 0. The van der Waals surface area contributed by atoms with Crippen molar-refractivity contribution in [1.29, 1.82) is 0 Å². The monoisotopic (exact) mass is 183 g/mol. The molecule has 0 aromatic rings. The lowest BCUT2D eigenvalue weighted by Gasteiger charge is -2.16. The lowest BCUT2D eigenvalue weighted by atomic mass is 10.2. The zero-order valence-electron chi connectivity index (χ0n) is 7.34. The molecule has 66 valence electrons. The topological polar surface area (TPSA) is 20.3 Å². The first-order valence-corrected chi connectivity index (χ1v) is 4.75. The van der Waals surface area contributed by atoms with Crippen molar-refractivity contribution in [1.82, 2.24) is 4.90 Å². The molecule has 0 radical (unpaired) electrons. The normalized spacial score (nSPS) is 19.6. The van der Waals surface area contributed by atoms with Gasteiger partial charge in [0.15, 0.2) is 6.29 Å². The molecule has 1 saturated heterocycles. The molecule has 0 aromatic carbocycles.